The minimum atomic E-state index is -3.36. The molecular weight excluding hydrogens is 479 g/mol. The summed E-state index contributed by atoms with van der Waals surface area (Å²) in [6, 6.07) is 12.1. The van der Waals surface area contributed by atoms with Gasteiger partial charge in [0.15, 0.2) is 15.0 Å². The SMILES string of the molecule is CC(C)(C)c1ccc(S(=O)(=O)C2CCN(c3nc(Cc4ccc(Cl)c(F)c4)cs3)CC2)cc1. The highest BCUT2D eigenvalue weighted by Gasteiger charge is 2.32. The van der Waals surface area contributed by atoms with Crippen molar-refractivity contribution in [2.75, 3.05) is 18.0 Å². The predicted octanol–water partition coefficient (Wildman–Crippen LogP) is 6.27. The van der Waals surface area contributed by atoms with E-state index in [1.807, 2.05) is 17.5 Å². The number of aromatic nitrogens is 1. The van der Waals surface area contributed by atoms with Gasteiger partial charge in [0, 0.05) is 24.9 Å². The third-order valence-electron chi connectivity index (χ3n) is 6.11. The molecule has 4 nitrogen and oxygen atoms in total. The van der Waals surface area contributed by atoms with Crippen LogP contribution in [0.1, 0.15) is 50.4 Å². The molecule has 0 aliphatic carbocycles. The summed E-state index contributed by atoms with van der Waals surface area (Å²) in [5, 5.41) is 2.58. The van der Waals surface area contributed by atoms with E-state index in [1.54, 1.807) is 24.3 Å². The Morgan fingerprint density at radius 2 is 1.79 bits per heavy atom. The Bertz CT molecular complexity index is 1230. The molecule has 1 aliphatic heterocycles. The summed E-state index contributed by atoms with van der Waals surface area (Å²) in [7, 11) is -3.36. The van der Waals surface area contributed by atoms with Crippen LogP contribution in [0, 0.1) is 5.82 Å². The Hall–Kier alpha value is -1.96. The summed E-state index contributed by atoms with van der Waals surface area (Å²) in [6.45, 7) is 7.64. The minimum absolute atomic E-state index is 0.0120. The Labute approximate surface area is 204 Å². The Balaban J connectivity index is 1.39. The van der Waals surface area contributed by atoms with Gasteiger partial charge in [0.05, 0.1) is 20.9 Å². The zero-order valence-electron chi connectivity index (χ0n) is 19.0. The molecular formula is C25H28ClFN2O2S2. The first-order valence-corrected chi connectivity index (χ1v) is 13.8. The van der Waals surface area contributed by atoms with E-state index in [0.717, 1.165) is 22.0 Å². The first kappa shape index (κ1) is 24.2. The molecule has 0 saturated carbocycles. The normalized spacial score (nSPS) is 15.7. The van der Waals surface area contributed by atoms with Crippen molar-refractivity contribution in [2.45, 2.75) is 55.6 Å². The van der Waals surface area contributed by atoms with E-state index in [9.17, 15) is 12.8 Å². The molecule has 1 aliphatic rings. The number of anilines is 1. The number of hydrogen-bond donors (Lipinski definition) is 0. The standard InChI is InChI=1S/C25H28ClFN2O2S2/c1-25(2,3)18-5-7-20(8-6-18)33(30,31)21-10-12-29(13-11-21)24-28-19(16-32-24)14-17-4-9-22(26)23(27)15-17/h4-9,15-16,21H,10-14H2,1-3H3. The maximum atomic E-state index is 13.7. The van der Waals surface area contributed by atoms with Gasteiger partial charge in [0.2, 0.25) is 0 Å². The van der Waals surface area contributed by atoms with Gasteiger partial charge in [-0.3, -0.25) is 0 Å². The molecule has 0 spiro atoms. The average molecular weight is 507 g/mol. The number of hydrogen-bond acceptors (Lipinski definition) is 5. The maximum Gasteiger partial charge on any atom is 0.185 e. The van der Waals surface area contributed by atoms with Gasteiger partial charge in [-0.2, -0.15) is 0 Å². The quantitative estimate of drug-likeness (QED) is 0.409. The van der Waals surface area contributed by atoms with E-state index in [0.29, 0.717) is 37.2 Å². The summed E-state index contributed by atoms with van der Waals surface area (Å²) in [5.74, 6) is -0.430. The number of nitrogens with zero attached hydrogens (tertiary/aromatic N) is 2. The summed E-state index contributed by atoms with van der Waals surface area (Å²) < 4.78 is 40.1. The lowest BCUT2D eigenvalue weighted by molar-refractivity contribution is 0.529. The fraction of sp³-hybridized carbons (Fsp3) is 0.400. The molecule has 2 aromatic carbocycles. The zero-order valence-corrected chi connectivity index (χ0v) is 21.4. The Kier molecular flexibility index (Phi) is 6.85. The number of halogens is 2. The average Bonchev–Trinajstić information content (AvgIpc) is 3.24. The molecule has 2 heterocycles. The molecule has 8 heteroatoms. The Morgan fingerprint density at radius 3 is 2.39 bits per heavy atom. The number of rotatable bonds is 5. The van der Waals surface area contributed by atoms with Crippen LogP contribution < -0.4 is 4.90 Å². The maximum absolute atomic E-state index is 13.7. The topological polar surface area (TPSA) is 50.3 Å². The highest BCUT2D eigenvalue weighted by molar-refractivity contribution is 7.92. The molecule has 1 fully saturated rings. The van der Waals surface area contributed by atoms with E-state index in [2.05, 4.69) is 25.7 Å². The van der Waals surface area contributed by atoms with Crippen molar-refractivity contribution < 1.29 is 12.8 Å². The fourth-order valence-electron chi connectivity index (χ4n) is 4.08. The first-order valence-electron chi connectivity index (χ1n) is 11.0. The molecule has 1 aromatic heterocycles. The molecule has 1 saturated heterocycles. The van der Waals surface area contributed by atoms with Gasteiger partial charge in [-0.1, -0.05) is 50.6 Å². The second-order valence-electron chi connectivity index (χ2n) is 9.55. The van der Waals surface area contributed by atoms with E-state index in [1.165, 1.54) is 17.4 Å². The van der Waals surface area contributed by atoms with Crippen molar-refractivity contribution in [3.63, 3.8) is 0 Å². The van der Waals surface area contributed by atoms with Crippen LogP contribution in [0.15, 0.2) is 52.7 Å². The van der Waals surface area contributed by atoms with Crippen LogP contribution in [0.3, 0.4) is 0 Å². The molecule has 33 heavy (non-hydrogen) atoms. The van der Waals surface area contributed by atoms with Crippen LogP contribution in [0.5, 0.6) is 0 Å². The van der Waals surface area contributed by atoms with Gasteiger partial charge in [-0.15, -0.1) is 11.3 Å². The zero-order chi connectivity index (χ0) is 23.8. The molecule has 4 rings (SSSR count). The van der Waals surface area contributed by atoms with E-state index >= 15 is 0 Å². The highest BCUT2D eigenvalue weighted by atomic mass is 35.5. The number of benzene rings is 2. The molecule has 0 amide bonds. The van der Waals surface area contributed by atoms with E-state index in [4.69, 9.17) is 16.6 Å². The molecule has 176 valence electrons. The first-order chi connectivity index (χ1) is 15.5. The second kappa shape index (κ2) is 9.35. The van der Waals surface area contributed by atoms with Gasteiger partial charge in [-0.25, -0.2) is 17.8 Å². The summed E-state index contributed by atoms with van der Waals surface area (Å²) in [4.78, 5) is 7.25. The lowest BCUT2D eigenvalue weighted by Gasteiger charge is -2.31. The largest absolute Gasteiger partial charge is 0.348 e. The highest BCUT2D eigenvalue weighted by Crippen LogP contribution is 2.31. The minimum Gasteiger partial charge on any atom is -0.348 e. The summed E-state index contributed by atoms with van der Waals surface area (Å²) in [5.41, 5.74) is 2.79. The monoisotopic (exact) mass is 506 g/mol. The molecule has 0 unspecified atom stereocenters. The third-order valence-corrected chi connectivity index (χ3v) is 9.64. The number of piperidine rings is 1. The van der Waals surface area contributed by atoms with Gasteiger partial charge >= 0.3 is 0 Å². The van der Waals surface area contributed by atoms with E-state index in [-0.39, 0.29) is 15.7 Å². The molecule has 0 atom stereocenters. The van der Waals surface area contributed by atoms with Gasteiger partial charge < -0.3 is 4.90 Å². The van der Waals surface area contributed by atoms with Crippen LogP contribution in [0.25, 0.3) is 0 Å². The van der Waals surface area contributed by atoms with Crippen molar-refractivity contribution in [1.29, 1.82) is 0 Å². The molecule has 0 bridgehead atoms. The third kappa shape index (κ3) is 5.42. The lowest BCUT2D eigenvalue weighted by atomic mass is 9.87. The molecule has 0 radical (unpaired) electrons. The van der Waals surface area contributed by atoms with Gasteiger partial charge in [0.1, 0.15) is 5.82 Å². The Morgan fingerprint density at radius 1 is 1.12 bits per heavy atom. The lowest BCUT2D eigenvalue weighted by Crippen LogP contribution is -2.39. The van der Waals surface area contributed by atoms with Crippen LogP contribution in [0.4, 0.5) is 9.52 Å². The van der Waals surface area contributed by atoms with Crippen LogP contribution in [0.2, 0.25) is 5.02 Å². The number of sulfone groups is 1. The van der Waals surface area contributed by atoms with E-state index < -0.39 is 15.7 Å². The summed E-state index contributed by atoms with van der Waals surface area (Å²) in [6.07, 6.45) is 1.67. The molecule has 3 aromatic rings. The van der Waals surface area contributed by atoms with Crippen molar-refractivity contribution in [2.24, 2.45) is 0 Å². The van der Waals surface area contributed by atoms with Crippen molar-refractivity contribution >= 4 is 37.9 Å². The fourth-order valence-corrected chi connectivity index (χ4v) is 6.80. The van der Waals surface area contributed by atoms with Gasteiger partial charge in [0.25, 0.3) is 0 Å². The van der Waals surface area contributed by atoms with Crippen molar-refractivity contribution in [3.8, 4) is 0 Å². The number of thiazole rings is 1. The second-order valence-corrected chi connectivity index (χ2v) is 13.0. The predicted molar refractivity (Wildman–Crippen MR) is 134 cm³/mol. The van der Waals surface area contributed by atoms with Crippen molar-refractivity contribution in [1.82, 2.24) is 4.98 Å². The van der Waals surface area contributed by atoms with Crippen LogP contribution >= 0.6 is 22.9 Å². The van der Waals surface area contributed by atoms with Gasteiger partial charge in [-0.05, 0) is 53.6 Å². The van der Waals surface area contributed by atoms with Crippen LogP contribution in [-0.4, -0.2) is 31.7 Å². The smallest absolute Gasteiger partial charge is 0.185 e. The van der Waals surface area contributed by atoms with Crippen molar-refractivity contribution in [3.05, 3.63) is 75.5 Å². The van der Waals surface area contributed by atoms with Crippen LogP contribution in [-0.2, 0) is 21.7 Å². The molecule has 0 N–H and O–H groups in total. The summed E-state index contributed by atoms with van der Waals surface area (Å²) >= 11 is 7.30.